The predicted octanol–water partition coefficient (Wildman–Crippen LogP) is -0.868. The number of fused-ring (bicyclic) bond motifs is 1. The molecule has 0 radical (unpaired) electrons. The number of carboxylic acid groups (broad SMARTS) is 1. The lowest BCUT2D eigenvalue weighted by molar-refractivity contribution is -0.137. The van der Waals surface area contributed by atoms with E-state index in [1.165, 1.54) is 6.33 Å². The highest BCUT2D eigenvalue weighted by Crippen LogP contribution is 2.18. The minimum atomic E-state index is -1.09. The summed E-state index contributed by atoms with van der Waals surface area (Å²) in [4.78, 5) is 26.0. The molecule has 0 spiro atoms. The molecule has 2 N–H and O–H groups in total. The first-order valence-electron chi connectivity index (χ1n) is 4.36. The second-order valence-electron chi connectivity index (χ2n) is 3.03. The topological polar surface area (TPSA) is 93.5 Å². The number of anilines is 1. The van der Waals surface area contributed by atoms with Crippen LogP contribution in [0.5, 0.6) is 5.88 Å². The maximum Gasteiger partial charge on any atom is 0.323 e. The zero-order chi connectivity index (χ0) is 10.8. The van der Waals surface area contributed by atoms with E-state index in [2.05, 4.69) is 10.3 Å². The molecule has 1 aromatic rings. The summed E-state index contributed by atoms with van der Waals surface area (Å²) in [5.74, 6) is -0.858. The maximum absolute atomic E-state index is 11.7. The molecule has 0 fully saturated rings. The van der Waals surface area contributed by atoms with Gasteiger partial charge in [0, 0.05) is 6.54 Å². The van der Waals surface area contributed by atoms with Gasteiger partial charge in [0.05, 0.1) is 0 Å². The van der Waals surface area contributed by atoms with E-state index in [1.54, 1.807) is 0 Å². The van der Waals surface area contributed by atoms with Crippen molar-refractivity contribution in [2.75, 3.05) is 18.5 Å². The van der Waals surface area contributed by atoms with E-state index in [4.69, 9.17) is 9.84 Å². The van der Waals surface area contributed by atoms with E-state index >= 15 is 0 Å². The van der Waals surface area contributed by atoms with E-state index < -0.39 is 18.1 Å². The van der Waals surface area contributed by atoms with Gasteiger partial charge in [0.2, 0.25) is 5.88 Å². The van der Waals surface area contributed by atoms with E-state index in [-0.39, 0.29) is 11.6 Å². The second-order valence-corrected chi connectivity index (χ2v) is 3.03. The smallest absolute Gasteiger partial charge is 0.323 e. The van der Waals surface area contributed by atoms with Crippen LogP contribution in [0.2, 0.25) is 0 Å². The molecule has 80 valence electrons. The number of carboxylic acids is 1. The van der Waals surface area contributed by atoms with Gasteiger partial charge in [-0.05, 0) is 0 Å². The van der Waals surface area contributed by atoms with Crippen molar-refractivity contribution < 1.29 is 14.6 Å². The molecule has 0 bridgehead atoms. The number of ether oxygens (including phenoxy) is 1. The molecule has 1 aliphatic heterocycles. The SMILES string of the molecule is O=C(O)Cn1cnc2c(c1=O)NCCO2. The van der Waals surface area contributed by atoms with E-state index in [1.807, 2.05) is 0 Å². The summed E-state index contributed by atoms with van der Waals surface area (Å²) in [5, 5.41) is 11.4. The first-order chi connectivity index (χ1) is 7.18. The van der Waals surface area contributed by atoms with Crippen LogP contribution in [0, 0.1) is 0 Å². The molecule has 0 aromatic carbocycles. The highest BCUT2D eigenvalue weighted by atomic mass is 16.5. The molecule has 0 amide bonds. The van der Waals surface area contributed by atoms with Crippen molar-refractivity contribution in [3.05, 3.63) is 16.7 Å². The molecule has 1 aliphatic rings. The van der Waals surface area contributed by atoms with Crippen LogP contribution in [-0.4, -0.2) is 33.8 Å². The van der Waals surface area contributed by atoms with Crippen LogP contribution in [0.4, 0.5) is 5.69 Å². The Morgan fingerprint density at radius 2 is 2.53 bits per heavy atom. The van der Waals surface area contributed by atoms with Crippen molar-refractivity contribution in [2.45, 2.75) is 6.54 Å². The minimum Gasteiger partial charge on any atom is -0.480 e. The third-order valence-electron chi connectivity index (χ3n) is 1.95. The highest BCUT2D eigenvalue weighted by Gasteiger charge is 2.17. The van der Waals surface area contributed by atoms with Gasteiger partial charge in [-0.3, -0.25) is 14.2 Å². The van der Waals surface area contributed by atoms with Gasteiger partial charge in [0.15, 0.2) is 5.69 Å². The van der Waals surface area contributed by atoms with Crippen LogP contribution in [0.3, 0.4) is 0 Å². The van der Waals surface area contributed by atoms with Crippen LogP contribution >= 0.6 is 0 Å². The Balaban J connectivity index is 2.43. The molecule has 1 aromatic heterocycles. The number of nitrogens with one attached hydrogen (secondary N) is 1. The summed E-state index contributed by atoms with van der Waals surface area (Å²) in [5.41, 5.74) is -0.202. The van der Waals surface area contributed by atoms with E-state index in [0.717, 1.165) is 4.57 Å². The summed E-state index contributed by atoms with van der Waals surface area (Å²) in [6, 6.07) is 0. The highest BCUT2D eigenvalue weighted by molar-refractivity contribution is 5.66. The van der Waals surface area contributed by atoms with Crippen LogP contribution in [0.25, 0.3) is 0 Å². The lowest BCUT2D eigenvalue weighted by atomic mass is 10.4. The molecular weight excluding hydrogens is 202 g/mol. The molecule has 2 heterocycles. The Kier molecular flexibility index (Phi) is 2.28. The van der Waals surface area contributed by atoms with Gasteiger partial charge in [-0.2, -0.15) is 0 Å². The number of hydrogen-bond acceptors (Lipinski definition) is 5. The number of aliphatic carboxylic acids is 1. The largest absolute Gasteiger partial charge is 0.480 e. The normalized spacial score (nSPS) is 13.6. The van der Waals surface area contributed by atoms with Gasteiger partial charge in [0.1, 0.15) is 19.5 Å². The number of carbonyl (C=O) groups is 1. The Hall–Kier alpha value is -2.05. The van der Waals surface area contributed by atoms with Crippen LogP contribution in [-0.2, 0) is 11.3 Å². The van der Waals surface area contributed by atoms with Crippen molar-refractivity contribution >= 4 is 11.7 Å². The summed E-state index contributed by atoms with van der Waals surface area (Å²) < 4.78 is 6.15. The van der Waals surface area contributed by atoms with E-state index in [0.29, 0.717) is 13.2 Å². The summed E-state index contributed by atoms with van der Waals surface area (Å²) in [7, 11) is 0. The van der Waals surface area contributed by atoms with Gasteiger partial charge in [0.25, 0.3) is 5.56 Å². The fraction of sp³-hybridized carbons (Fsp3) is 0.375. The zero-order valence-corrected chi connectivity index (χ0v) is 7.77. The molecule has 7 heteroatoms. The molecule has 0 atom stereocenters. The molecule has 2 rings (SSSR count). The summed E-state index contributed by atoms with van der Waals surface area (Å²) >= 11 is 0. The molecule has 0 saturated heterocycles. The third kappa shape index (κ3) is 1.76. The fourth-order valence-corrected chi connectivity index (χ4v) is 1.32. The molecule has 15 heavy (non-hydrogen) atoms. The van der Waals surface area contributed by atoms with Crippen molar-refractivity contribution in [3.63, 3.8) is 0 Å². The Morgan fingerprint density at radius 3 is 3.27 bits per heavy atom. The Bertz CT molecular complexity index is 454. The van der Waals surface area contributed by atoms with E-state index in [9.17, 15) is 9.59 Å². The quantitative estimate of drug-likeness (QED) is 0.660. The molecule has 0 unspecified atom stereocenters. The van der Waals surface area contributed by atoms with Gasteiger partial charge in [-0.25, -0.2) is 4.98 Å². The molecule has 0 aliphatic carbocycles. The van der Waals surface area contributed by atoms with Gasteiger partial charge in [-0.15, -0.1) is 0 Å². The fourth-order valence-electron chi connectivity index (χ4n) is 1.32. The lowest BCUT2D eigenvalue weighted by Crippen LogP contribution is -2.31. The average molecular weight is 211 g/mol. The Morgan fingerprint density at radius 1 is 1.73 bits per heavy atom. The summed E-state index contributed by atoms with van der Waals surface area (Å²) in [6.07, 6.45) is 1.17. The maximum atomic E-state index is 11.7. The lowest BCUT2D eigenvalue weighted by Gasteiger charge is -2.17. The van der Waals surface area contributed by atoms with Crippen LogP contribution in [0.1, 0.15) is 0 Å². The standard InChI is InChI=1S/C8H9N3O4/c12-5(13)3-11-4-10-7-6(8(11)14)9-1-2-15-7/h4,9H,1-3H2,(H,12,13). The molecule has 0 saturated carbocycles. The molecule has 7 nitrogen and oxygen atoms in total. The van der Waals surface area contributed by atoms with Crippen LogP contribution < -0.4 is 15.6 Å². The van der Waals surface area contributed by atoms with Crippen LogP contribution in [0.15, 0.2) is 11.1 Å². The molecular formula is C8H9N3O4. The second kappa shape index (κ2) is 3.60. The monoisotopic (exact) mass is 211 g/mol. The number of rotatable bonds is 2. The number of aromatic nitrogens is 2. The van der Waals surface area contributed by atoms with Crippen molar-refractivity contribution in [1.82, 2.24) is 9.55 Å². The van der Waals surface area contributed by atoms with Gasteiger partial charge in [-0.1, -0.05) is 0 Å². The number of nitrogens with zero attached hydrogens (tertiary/aromatic N) is 2. The third-order valence-corrected chi connectivity index (χ3v) is 1.95. The van der Waals surface area contributed by atoms with Gasteiger partial charge >= 0.3 is 5.97 Å². The van der Waals surface area contributed by atoms with Crippen molar-refractivity contribution in [1.29, 1.82) is 0 Å². The number of hydrogen-bond donors (Lipinski definition) is 2. The zero-order valence-electron chi connectivity index (χ0n) is 7.77. The summed E-state index contributed by atoms with van der Waals surface area (Å²) in [6.45, 7) is 0.560. The van der Waals surface area contributed by atoms with Gasteiger partial charge < -0.3 is 15.2 Å². The van der Waals surface area contributed by atoms with Crippen molar-refractivity contribution in [3.8, 4) is 5.88 Å². The minimum absolute atomic E-state index is 0.227. The average Bonchev–Trinajstić information content (AvgIpc) is 2.22. The van der Waals surface area contributed by atoms with Crippen molar-refractivity contribution in [2.24, 2.45) is 0 Å². The predicted molar refractivity (Wildman–Crippen MR) is 50.1 cm³/mol. The Labute approximate surface area is 84.3 Å². The first kappa shape index (κ1) is 9.50. The first-order valence-corrected chi connectivity index (χ1v) is 4.36.